The predicted octanol–water partition coefficient (Wildman–Crippen LogP) is 4.54. The van der Waals surface area contributed by atoms with Gasteiger partial charge >= 0.3 is 0 Å². The van der Waals surface area contributed by atoms with Crippen molar-refractivity contribution in [1.29, 1.82) is 5.26 Å². The first kappa shape index (κ1) is 18.9. The van der Waals surface area contributed by atoms with Crippen molar-refractivity contribution in [1.82, 2.24) is 0 Å². The lowest BCUT2D eigenvalue weighted by atomic mass is 10.1. The number of nitrogens with one attached hydrogen (secondary N) is 1. The van der Waals surface area contributed by atoms with Gasteiger partial charge in [-0.15, -0.1) is 0 Å². The molecule has 3 rings (SSSR count). The van der Waals surface area contributed by atoms with Crippen LogP contribution >= 0.6 is 11.6 Å². The van der Waals surface area contributed by atoms with Crippen LogP contribution in [0.3, 0.4) is 0 Å². The van der Waals surface area contributed by atoms with Crippen LogP contribution in [-0.2, 0) is 6.61 Å². The van der Waals surface area contributed by atoms with Gasteiger partial charge in [0.15, 0.2) is 5.76 Å². The normalized spacial score (nSPS) is 10.1. The molecular formula is C19H12ClN3O5. The minimum Gasteiger partial charge on any atom is -0.486 e. The van der Waals surface area contributed by atoms with Gasteiger partial charge in [0.05, 0.1) is 16.2 Å². The summed E-state index contributed by atoms with van der Waals surface area (Å²) in [6.07, 6.45) is 0. The average Bonchev–Trinajstić information content (AvgIpc) is 3.17. The fourth-order valence-corrected chi connectivity index (χ4v) is 2.42. The van der Waals surface area contributed by atoms with Gasteiger partial charge in [0.25, 0.3) is 11.6 Å². The van der Waals surface area contributed by atoms with Gasteiger partial charge in [-0.1, -0.05) is 11.6 Å². The van der Waals surface area contributed by atoms with E-state index in [0.717, 1.165) is 6.07 Å². The first-order chi connectivity index (χ1) is 13.5. The lowest BCUT2D eigenvalue weighted by Crippen LogP contribution is -2.12. The van der Waals surface area contributed by atoms with Crippen LogP contribution in [0.5, 0.6) is 5.75 Å². The molecule has 0 spiro atoms. The second kappa shape index (κ2) is 8.24. The van der Waals surface area contributed by atoms with E-state index in [1.165, 1.54) is 18.2 Å². The maximum Gasteiger partial charge on any atom is 0.291 e. The van der Waals surface area contributed by atoms with Gasteiger partial charge in [-0.25, -0.2) is 0 Å². The quantitative estimate of drug-likeness (QED) is 0.481. The number of carbonyl (C=O) groups excluding carboxylic acids is 1. The van der Waals surface area contributed by atoms with Crippen molar-refractivity contribution >= 4 is 28.9 Å². The van der Waals surface area contributed by atoms with Crippen LogP contribution in [-0.4, -0.2) is 10.8 Å². The van der Waals surface area contributed by atoms with Gasteiger partial charge in [0, 0.05) is 17.2 Å². The maximum atomic E-state index is 12.3. The van der Waals surface area contributed by atoms with Gasteiger partial charge in [0.2, 0.25) is 0 Å². The number of rotatable bonds is 6. The molecular weight excluding hydrogens is 386 g/mol. The molecule has 28 heavy (non-hydrogen) atoms. The molecule has 0 atom stereocenters. The molecule has 0 fully saturated rings. The summed E-state index contributed by atoms with van der Waals surface area (Å²) in [7, 11) is 0. The van der Waals surface area contributed by atoms with Crippen molar-refractivity contribution in [2.75, 3.05) is 5.32 Å². The highest BCUT2D eigenvalue weighted by Crippen LogP contribution is 2.23. The number of nitro groups is 1. The third-order valence-corrected chi connectivity index (χ3v) is 3.91. The van der Waals surface area contributed by atoms with Crippen molar-refractivity contribution in [3.63, 3.8) is 0 Å². The van der Waals surface area contributed by atoms with Crippen LogP contribution < -0.4 is 10.1 Å². The molecule has 0 unspecified atom stereocenters. The number of hydrogen-bond acceptors (Lipinski definition) is 6. The van der Waals surface area contributed by atoms with Crippen molar-refractivity contribution in [3.8, 4) is 11.8 Å². The van der Waals surface area contributed by atoms with Crippen molar-refractivity contribution in [3.05, 3.63) is 86.8 Å². The van der Waals surface area contributed by atoms with Crippen LogP contribution in [0.2, 0.25) is 5.02 Å². The van der Waals surface area contributed by atoms with E-state index in [-0.39, 0.29) is 29.3 Å². The molecule has 9 heteroatoms. The van der Waals surface area contributed by atoms with E-state index in [1.807, 2.05) is 6.07 Å². The Morgan fingerprint density at radius 2 is 1.96 bits per heavy atom. The van der Waals surface area contributed by atoms with Crippen LogP contribution in [0.15, 0.2) is 59.0 Å². The number of carbonyl (C=O) groups is 1. The molecule has 0 saturated heterocycles. The number of hydrogen-bond donors (Lipinski definition) is 1. The van der Waals surface area contributed by atoms with Crippen LogP contribution in [0.1, 0.15) is 21.9 Å². The van der Waals surface area contributed by atoms with Crippen LogP contribution in [0.4, 0.5) is 11.4 Å². The molecule has 1 amide bonds. The minimum atomic E-state index is -0.619. The highest BCUT2D eigenvalue weighted by molar-refractivity contribution is 6.30. The lowest BCUT2D eigenvalue weighted by Gasteiger charge is -2.06. The largest absolute Gasteiger partial charge is 0.486 e. The molecule has 8 nitrogen and oxygen atoms in total. The zero-order valence-corrected chi connectivity index (χ0v) is 15.0. The molecule has 140 valence electrons. The summed E-state index contributed by atoms with van der Waals surface area (Å²) in [5.74, 6) is 0.431. The first-order valence-electron chi connectivity index (χ1n) is 7.93. The predicted molar refractivity (Wildman–Crippen MR) is 100 cm³/mol. The Morgan fingerprint density at radius 1 is 1.21 bits per heavy atom. The highest BCUT2D eigenvalue weighted by Gasteiger charge is 2.16. The van der Waals surface area contributed by atoms with E-state index >= 15 is 0 Å². The Balaban J connectivity index is 1.66. The summed E-state index contributed by atoms with van der Waals surface area (Å²) in [6.45, 7) is 0.107. The number of nitro benzene ring substituents is 1. The molecule has 0 saturated carbocycles. The van der Waals surface area contributed by atoms with E-state index in [4.69, 9.17) is 26.0 Å². The zero-order valence-electron chi connectivity index (χ0n) is 14.2. The van der Waals surface area contributed by atoms with E-state index in [9.17, 15) is 14.9 Å². The van der Waals surface area contributed by atoms with E-state index in [1.54, 1.807) is 30.3 Å². The monoisotopic (exact) mass is 397 g/mol. The fraction of sp³-hybridized carbons (Fsp3) is 0.0526. The lowest BCUT2D eigenvalue weighted by molar-refractivity contribution is -0.384. The Bertz CT molecular complexity index is 1070. The molecule has 1 N–H and O–H groups in total. The second-order valence-corrected chi connectivity index (χ2v) is 6.00. The third-order valence-electron chi connectivity index (χ3n) is 3.66. The Kier molecular flexibility index (Phi) is 5.58. The molecule has 0 bridgehead atoms. The molecule has 2 aromatic carbocycles. The van der Waals surface area contributed by atoms with Crippen LogP contribution in [0.25, 0.3) is 0 Å². The standard InChI is InChI=1S/C19H12ClN3O5/c20-13-1-4-15(5-2-13)27-11-16-6-8-18(28-16)19(24)22-17-7-3-14(23(25)26)9-12(17)10-21/h1-9H,11H2,(H,22,24). The summed E-state index contributed by atoms with van der Waals surface area (Å²) in [6, 6.07) is 15.2. The molecule has 0 aliphatic rings. The Morgan fingerprint density at radius 3 is 2.64 bits per heavy atom. The number of anilines is 1. The maximum absolute atomic E-state index is 12.3. The van der Waals surface area contributed by atoms with Crippen molar-refractivity contribution in [2.24, 2.45) is 0 Å². The molecule has 3 aromatic rings. The van der Waals surface area contributed by atoms with Crippen molar-refractivity contribution in [2.45, 2.75) is 6.61 Å². The van der Waals surface area contributed by atoms with Gasteiger partial charge < -0.3 is 14.5 Å². The van der Waals surface area contributed by atoms with Gasteiger partial charge in [-0.05, 0) is 42.5 Å². The van der Waals surface area contributed by atoms with E-state index in [2.05, 4.69) is 5.32 Å². The summed E-state index contributed by atoms with van der Waals surface area (Å²) in [4.78, 5) is 22.5. The SMILES string of the molecule is N#Cc1cc([N+](=O)[O-])ccc1NC(=O)c1ccc(COc2ccc(Cl)cc2)o1. The second-order valence-electron chi connectivity index (χ2n) is 5.56. The third kappa shape index (κ3) is 4.47. The molecule has 1 heterocycles. The Hall–Kier alpha value is -3.83. The summed E-state index contributed by atoms with van der Waals surface area (Å²) in [5, 5.41) is 23.0. The topological polar surface area (TPSA) is 118 Å². The van der Waals surface area contributed by atoms with Crippen LogP contribution in [0, 0.1) is 21.4 Å². The number of nitrogens with zero attached hydrogens (tertiary/aromatic N) is 2. The molecule has 0 aliphatic heterocycles. The van der Waals surface area contributed by atoms with E-state index < -0.39 is 10.8 Å². The van der Waals surface area contributed by atoms with Gasteiger partial charge in [-0.2, -0.15) is 5.26 Å². The van der Waals surface area contributed by atoms with E-state index in [0.29, 0.717) is 16.5 Å². The minimum absolute atomic E-state index is 0.0111. The number of furan rings is 1. The average molecular weight is 398 g/mol. The molecule has 1 aromatic heterocycles. The number of amides is 1. The van der Waals surface area contributed by atoms with Gasteiger partial charge in [-0.3, -0.25) is 14.9 Å². The number of halogens is 1. The van der Waals surface area contributed by atoms with Gasteiger partial charge in [0.1, 0.15) is 24.2 Å². The number of non-ortho nitro benzene ring substituents is 1. The smallest absolute Gasteiger partial charge is 0.291 e. The summed E-state index contributed by atoms with van der Waals surface area (Å²) >= 11 is 5.81. The summed E-state index contributed by atoms with van der Waals surface area (Å²) < 4.78 is 11.0. The molecule has 0 radical (unpaired) electrons. The number of nitriles is 1. The Labute approximate surface area is 164 Å². The number of benzene rings is 2. The highest BCUT2D eigenvalue weighted by atomic mass is 35.5. The summed E-state index contributed by atoms with van der Waals surface area (Å²) in [5.41, 5.74) is -0.122. The fourth-order valence-electron chi connectivity index (χ4n) is 2.29. The molecule has 0 aliphatic carbocycles. The first-order valence-corrected chi connectivity index (χ1v) is 8.31. The van der Waals surface area contributed by atoms with Crippen molar-refractivity contribution < 1.29 is 18.9 Å². The zero-order chi connectivity index (χ0) is 20.1. The number of ether oxygens (including phenoxy) is 1.